The van der Waals surface area contributed by atoms with Crippen molar-refractivity contribution in [1.82, 2.24) is 9.97 Å². The normalized spacial score (nSPS) is 15.7. The van der Waals surface area contributed by atoms with E-state index < -0.39 is 47.5 Å². The number of hydrogen-bond donors (Lipinski definition) is 2. The molecule has 2 aliphatic carbocycles. The van der Waals surface area contributed by atoms with Crippen molar-refractivity contribution < 1.29 is 86.3 Å². The van der Waals surface area contributed by atoms with Crippen LogP contribution in [0.15, 0.2) is 169 Å². The number of aromatic nitrogens is 2. The number of aliphatic hydroxyl groups is 2. The van der Waals surface area contributed by atoms with Gasteiger partial charge in [0.15, 0.2) is 0 Å². The average Bonchev–Trinajstić information content (AvgIpc) is 1.34. The fourth-order valence-corrected chi connectivity index (χ4v) is 14.1. The van der Waals surface area contributed by atoms with Gasteiger partial charge in [0, 0.05) is 23.3 Å². The van der Waals surface area contributed by atoms with E-state index in [1.807, 2.05) is 72.8 Å². The molecule has 2 heterocycles. The summed E-state index contributed by atoms with van der Waals surface area (Å²) in [6.07, 6.45) is 15.4. The Labute approximate surface area is 635 Å². The van der Waals surface area contributed by atoms with Gasteiger partial charge in [0.05, 0.1) is 136 Å². The summed E-state index contributed by atoms with van der Waals surface area (Å²) in [6.45, 7) is 9.38. The van der Waals surface area contributed by atoms with Crippen LogP contribution in [0.3, 0.4) is 0 Å². The molecule has 2 fully saturated rings. The predicted molar refractivity (Wildman–Crippen MR) is 413 cm³/mol. The quantitative estimate of drug-likeness (QED) is 0.00896. The van der Waals surface area contributed by atoms with Gasteiger partial charge in [-0.2, -0.15) is 10.2 Å². The number of carbonyl (C=O) groups is 6. The third kappa shape index (κ3) is 24.9. The monoisotopic (exact) mass is 1510 g/mol. The molecule has 0 spiro atoms. The average molecular weight is 1510 g/mol. The lowest BCUT2D eigenvalue weighted by atomic mass is 9.82. The predicted octanol–water partition coefficient (Wildman–Crippen LogP) is 14.2. The molecule has 0 bridgehead atoms. The summed E-state index contributed by atoms with van der Waals surface area (Å²) in [5.41, 5.74) is 3.74. The van der Waals surface area contributed by atoms with Crippen molar-refractivity contribution in [3.05, 3.63) is 170 Å². The van der Waals surface area contributed by atoms with E-state index in [-0.39, 0.29) is 76.2 Å². The van der Waals surface area contributed by atoms with Crippen molar-refractivity contribution in [2.75, 3.05) is 89.2 Å². The maximum absolute atomic E-state index is 14.4. The van der Waals surface area contributed by atoms with Gasteiger partial charge in [0.1, 0.15) is 34.5 Å². The van der Waals surface area contributed by atoms with Crippen LogP contribution in [-0.4, -0.2) is 148 Å². The van der Waals surface area contributed by atoms with Gasteiger partial charge in [-0.25, -0.2) is 29.6 Å². The van der Waals surface area contributed by atoms with Crippen LogP contribution < -0.4 is 38.4 Å². The van der Waals surface area contributed by atoms with Crippen LogP contribution in [0.1, 0.15) is 114 Å². The van der Waals surface area contributed by atoms with E-state index in [1.165, 1.54) is 22.7 Å². The standard InChI is InChI=1S/C82H92N6O18S2/c1-3-75(91)101-47-15-7-5-13-45-99-65-31-35-67(36-32-65)103-77(93)57-21-25-59(26-22-57)79(95)105-71-39-29-61(53-63(71)55-83-87(41-49-97-51-43-89)81-85-69-17-9-11-19-73(69)107-81)62-30-40-72(64(54-62)56-84-88(42-50-98-52-44-90)82-86-70-18-10-12-20-74(70)108-82)106-80(96)60-27-23-58(24-28-60)78(94)104-68-37-33-66(34-38-68)100-46-14-6-8-16-48-102-76(92)4-2/h3-4,9-12,17-20,29-40,53-60,89-90H,1-2,5-8,13-16,21-28,41-52H2/b83-55+,84-56+. The number of esters is 6. The second kappa shape index (κ2) is 42.9. The van der Waals surface area contributed by atoms with Gasteiger partial charge in [-0.1, -0.05) is 72.2 Å². The molecule has 8 aromatic rings. The highest BCUT2D eigenvalue weighted by atomic mass is 32.1. The first-order valence-electron chi connectivity index (χ1n) is 36.7. The zero-order chi connectivity index (χ0) is 75.7. The summed E-state index contributed by atoms with van der Waals surface area (Å²) in [4.78, 5) is 88.1. The summed E-state index contributed by atoms with van der Waals surface area (Å²) >= 11 is 2.88. The van der Waals surface area contributed by atoms with Gasteiger partial charge in [-0.05, 0) is 211 Å². The number of aliphatic hydroxyl groups excluding tert-OH is 2. The zero-order valence-electron chi connectivity index (χ0n) is 60.5. The molecule has 108 heavy (non-hydrogen) atoms. The smallest absolute Gasteiger partial charge is 0.330 e. The lowest BCUT2D eigenvalue weighted by Crippen LogP contribution is -2.30. The fraction of sp³-hybridized carbons (Fsp3) is 0.390. The molecule has 0 radical (unpaired) electrons. The van der Waals surface area contributed by atoms with Crippen LogP contribution in [-0.2, 0) is 47.7 Å². The lowest BCUT2D eigenvalue weighted by molar-refractivity contribution is -0.145. The number of thiazole rings is 2. The molecular weight excluding hydrogens is 1420 g/mol. The number of benzene rings is 6. The first-order valence-corrected chi connectivity index (χ1v) is 38.4. The highest BCUT2D eigenvalue weighted by molar-refractivity contribution is 7.22. The van der Waals surface area contributed by atoms with Crippen LogP contribution in [0.5, 0.6) is 34.5 Å². The molecule has 6 aromatic carbocycles. The third-order valence-electron chi connectivity index (χ3n) is 18.1. The molecule has 10 rings (SSSR count). The number of unbranched alkanes of at least 4 members (excludes halogenated alkanes) is 6. The van der Waals surface area contributed by atoms with E-state index in [0.29, 0.717) is 133 Å². The minimum Gasteiger partial charge on any atom is -0.494 e. The van der Waals surface area contributed by atoms with Crippen molar-refractivity contribution >= 4 is 102 Å². The topological polar surface area (TPSA) is 292 Å². The Morgan fingerprint density at radius 1 is 0.426 bits per heavy atom. The molecule has 2 N–H and O–H groups in total. The van der Waals surface area contributed by atoms with Crippen molar-refractivity contribution in [3.63, 3.8) is 0 Å². The number of rotatable bonds is 43. The van der Waals surface area contributed by atoms with Crippen LogP contribution in [0, 0.1) is 23.7 Å². The number of hydrogen-bond acceptors (Lipinski definition) is 26. The number of para-hydroxylation sites is 2. The molecular formula is C82H92N6O18S2. The molecule has 26 heteroatoms. The van der Waals surface area contributed by atoms with Gasteiger partial charge >= 0.3 is 35.8 Å². The zero-order valence-corrected chi connectivity index (χ0v) is 62.1. The third-order valence-corrected chi connectivity index (χ3v) is 20.2. The van der Waals surface area contributed by atoms with Gasteiger partial charge in [-0.3, -0.25) is 19.2 Å². The number of anilines is 2. The maximum atomic E-state index is 14.4. The molecule has 0 unspecified atom stereocenters. The minimum atomic E-state index is -0.529. The van der Waals surface area contributed by atoms with Crippen LogP contribution in [0.25, 0.3) is 31.6 Å². The van der Waals surface area contributed by atoms with E-state index in [1.54, 1.807) is 83.1 Å². The number of hydrazone groups is 2. The number of ether oxygens (including phenoxy) is 10. The fourth-order valence-electron chi connectivity index (χ4n) is 12.2. The summed E-state index contributed by atoms with van der Waals surface area (Å²) < 4.78 is 59.4. The molecule has 2 aliphatic rings. The van der Waals surface area contributed by atoms with E-state index in [4.69, 9.17) is 67.5 Å². The molecule has 0 aliphatic heterocycles. The Morgan fingerprint density at radius 2 is 0.778 bits per heavy atom. The van der Waals surface area contributed by atoms with Crippen LogP contribution in [0.4, 0.5) is 10.3 Å². The largest absolute Gasteiger partial charge is 0.494 e. The first kappa shape index (κ1) is 80.3. The maximum Gasteiger partial charge on any atom is 0.330 e. The number of carbonyl (C=O) groups excluding carboxylic acids is 6. The number of nitrogens with zero attached hydrogens (tertiary/aromatic N) is 6. The second-order valence-electron chi connectivity index (χ2n) is 25.8. The summed E-state index contributed by atoms with van der Waals surface area (Å²) in [7, 11) is 0. The molecule has 0 amide bonds. The summed E-state index contributed by atoms with van der Waals surface area (Å²) in [5.74, 6) is -1.98. The Hall–Kier alpha value is -10.2. The van der Waals surface area contributed by atoms with E-state index in [2.05, 4.69) is 13.2 Å². The van der Waals surface area contributed by atoms with Gasteiger partial charge in [0.2, 0.25) is 10.3 Å². The van der Waals surface area contributed by atoms with Crippen molar-refractivity contribution in [3.8, 4) is 45.6 Å². The Morgan fingerprint density at radius 3 is 1.14 bits per heavy atom. The lowest BCUT2D eigenvalue weighted by Gasteiger charge is -2.26. The molecule has 24 nitrogen and oxygen atoms in total. The summed E-state index contributed by atoms with van der Waals surface area (Å²) in [5, 5.41) is 33.6. The number of fused-ring (bicyclic) bond motifs is 2. The Bertz CT molecular complexity index is 3980. The second-order valence-corrected chi connectivity index (χ2v) is 27.9. The first-order chi connectivity index (χ1) is 52.8. The molecule has 2 saturated carbocycles. The molecule has 0 saturated heterocycles. The van der Waals surface area contributed by atoms with Gasteiger partial charge in [0.25, 0.3) is 0 Å². The molecule has 2 aromatic heterocycles. The Kier molecular flexibility index (Phi) is 31.9. The molecule has 0 atom stereocenters. The highest BCUT2D eigenvalue weighted by Crippen LogP contribution is 2.38. The van der Waals surface area contributed by atoms with E-state index >= 15 is 0 Å². The Balaban J connectivity index is 0.843. The SMILES string of the molecule is C=CC(=O)OCCCCCCOc1ccc(OC(=O)C2CCC(C(=O)Oc3ccc(-c4ccc(OC(=O)C5CCC(C(=O)Oc6ccc(OCCCCCCOC(=O)C=C)cc6)CC5)c(/C=N/N(CCOCCO)c5nc6ccccc6s5)c4)cc3/C=N/N(CCOCCO)c3nc4ccccc4s3)CC2)cc1. The van der Waals surface area contributed by atoms with Crippen molar-refractivity contribution in [1.29, 1.82) is 0 Å². The van der Waals surface area contributed by atoms with E-state index in [9.17, 15) is 39.0 Å². The van der Waals surface area contributed by atoms with Gasteiger partial charge < -0.3 is 57.6 Å². The van der Waals surface area contributed by atoms with Crippen LogP contribution in [0.2, 0.25) is 0 Å². The molecule has 570 valence electrons. The van der Waals surface area contributed by atoms with E-state index in [0.717, 1.165) is 84.0 Å². The van der Waals surface area contributed by atoms with Gasteiger partial charge in [-0.15, -0.1) is 0 Å². The van der Waals surface area contributed by atoms with Crippen molar-refractivity contribution in [2.24, 2.45) is 33.9 Å². The van der Waals surface area contributed by atoms with Crippen molar-refractivity contribution in [2.45, 2.75) is 103 Å². The minimum absolute atomic E-state index is 0.123. The summed E-state index contributed by atoms with van der Waals surface area (Å²) in [6, 6.07) is 40.0. The highest BCUT2D eigenvalue weighted by Gasteiger charge is 2.35. The van der Waals surface area contributed by atoms with Crippen LogP contribution >= 0.6 is 22.7 Å².